The lowest BCUT2D eigenvalue weighted by molar-refractivity contribution is -0.122. The number of carbonyl (C=O) groups excluding carboxylic acids is 1. The Bertz CT molecular complexity index is 655. The van der Waals surface area contributed by atoms with E-state index in [0.717, 1.165) is 42.8 Å². The van der Waals surface area contributed by atoms with Gasteiger partial charge in [-0.3, -0.25) is 4.79 Å². The average molecular weight is 342 g/mol. The Labute approximate surface area is 150 Å². The van der Waals surface area contributed by atoms with Crippen LogP contribution in [-0.2, 0) is 4.79 Å². The minimum Gasteiger partial charge on any atom is -0.346 e. The summed E-state index contributed by atoms with van der Waals surface area (Å²) in [6.45, 7) is 6.52. The molecule has 1 saturated heterocycles. The van der Waals surface area contributed by atoms with Gasteiger partial charge in [-0.1, -0.05) is 26.0 Å². The zero-order valence-corrected chi connectivity index (χ0v) is 15.3. The predicted molar refractivity (Wildman–Crippen MR) is 101 cm³/mol. The number of imidazole rings is 1. The summed E-state index contributed by atoms with van der Waals surface area (Å²) in [5, 5.41) is 6.59. The standard InChI is InChI=1S/C20H30N4O/c1-14(2)13-18(20-23-16-5-3-4-6-17(16)24-20)22-19(25)8-7-15-9-11-21-12-10-15/h3-6,14-15,18,21H,7-13H2,1-2H3,(H,22,25)(H,23,24). The van der Waals surface area contributed by atoms with Crippen molar-refractivity contribution in [1.29, 1.82) is 0 Å². The van der Waals surface area contributed by atoms with Crippen LogP contribution < -0.4 is 10.6 Å². The number of H-pyrrole nitrogens is 1. The van der Waals surface area contributed by atoms with E-state index in [2.05, 4.69) is 29.5 Å². The number of benzene rings is 1. The van der Waals surface area contributed by atoms with Crippen LogP contribution in [0, 0.1) is 11.8 Å². The molecule has 1 aliphatic rings. The highest BCUT2D eigenvalue weighted by Crippen LogP contribution is 2.23. The van der Waals surface area contributed by atoms with Crippen LogP contribution in [-0.4, -0.2) is 29.0 Å². The Balaban J connectivity index is 1.62. The molecule has 1 aromatic heterocycles. The highest BCUT2D eigenvalue weighted by Gasteiger charge is 2.21. The van der Waals surface area contributed by atoms with Crippen molar-refractivity contribution in [2.24, 2.45) is 11.8 Å². The van der Waals surface area contributed by atoms with Gasteiger partial charge < -0.3 is 15.6 Å². The molecule has 1 fully saturated rings. The maximum Gasteiger partial charge on any atom is 0.220 e. The van der Waals surface area contributed by atoms with Gasteiger partial charge in [0.1, 0.15) is 5.82 Å². The number of para-hydroxylation sites is 2. The van der Waals surface area contributed by atoms with Crippen LogP contribution in [0.1, 0.15) is 57.8 Å². The summed E-state index contributed by atoms with van der Waals surface area (Å²) in [7, 11) is 0. The minimum atomic E-state index is -0.0482. The first kappa shape index (κ1) is 17.9. The number of carbonyl (C=O) groups is 1. The fraction of sp³-hybridized carbons (Fsp3) is 0.600. The first-order valence-corrected chi connectivity index (χ1v) is 9.56. The highest BCUT2D eigenvalue weighted by molar-refractivity contribution is 5.77. The monoisotopic (exact) mass is 342 g/mol. The zero-order chi connectivity index (χ0) is 17.6. The summed E-state index contributed by atoms with van der Waals surface area (Å²) >= 11 is 0. The molecule has 2 aromatic rings. The number of fused-ring (bicyclic) bond motifs is 1. The molecule has 3 N–H and O–H groups in total. The molecule has 0 bridgehead atoms. The number of nitrogens with zero attached hydrogens (tertiary/aromatic N) is 1. The molecule has 1 aromatic carbocycles. The average Bonchev–Trinajstić information content (AvgIpc) is 3.04. The van der Waals surface area contributed by atoms with Crippen LogP contribution in [0.25, 0.3) is 11.0 Å². The Hall–Kier alpha value is -1.88. The number of amides is 1. The van der Waals surface area contributed by atoms with Gasteiger partial charge in [-0.05, 0) is 62.7 Å². The minimum absolute atomic E-state index is 0.0482. The van der Waals surface area contributed by atoms with Crippen molar-refractivity contribution in [3.63, 3.8) is 0 Å². The normalized spacial score (nSPS) is 17.1. The lowest BCUT2D eigenvalue weighted by Crippen LogP contribution is -2.32. The van der Waals surface area contributed by atoms with Gasteiger partial charge >= 0.3 is 0 Å². The lowest BCUT2D eigenvalue weighted by atomic mass is 9.93. The van der Waals surface area contributed by atoms with Crippen LogP contribution in [0.15, 0.2) is 24.3 Å². The molecule has 1 aliphatic heterocycles. The quantitative estimate of drug-likeness (QED) is 0.721. The molecular formula is C20H30N4O. The largest absolute Gasteiger partial charge is 0.346 e. The van der Waals surface area contributed by atoms with Gasteiger partial charge in [0.05, 0.1) is 17.1 Å². The van der Waals surface area contributed by atoms with Gasteiger partial charge in [0.2, 0.25) is 5.91 Å². The van der Waals surface area contributed by atoms with E-state index in [1.165, 1.54) is 12.8 Å². The molecule has 1 amide bonds. The molecule has 3 rings (SSSR count). The molecule has 0 saturated carbocycles. The van der Waals surface area contributed by atoms with E-state index >= 15 is 0 Å². The van der Waals surface area contributed by atoms with E-state index < -0.39 is 0 Å². The van der Waals surface area contributed by atoms with Gasteiger partial charge in [-0.15, -0.1) is 0 Å². The summed E-state index contributed by atoms with van der Waals surface area (Å²) in [6, 6.07) is 7.96. The fourth-order valence-electron chi connectivity index (χ4n) is 3.62. The van der Waals surface area contributed by atoms with Crippen LogP contribution in [0.5, 0.6) is 0 Å². The van der Waals surface area contributed by atoms with Gasteiger partial charge in [0.15, 0.2) is 0 Å². The summed E-state index contributed by atoms with van der Waals surface area (Å²) in [4.78, 5) is 20.6. The Morgan fingerprint density at radius 1 is 1.28 bits per heavy atom. The van der Waals surface area contributed by atoms with E-state index in [1.54, 1.807) is 0 Å². The molecule has 1 unspecified atom stereocenters. The number of aromatic nitrogens is 2. The van der Waals surface area contributed by atoms with E-state index in [0.29, 0.717) is 18.3 Å². The highest BCUT2D eigenvalue weighted by atomic mass is 16.1. The molecule has 1 atom stereocenters. The van der Waals surface area contributed by atoms with Crippen molar-refractivity contribution in [3.8, 4) is 0 Å². The summed E-state index contributed by atoms with van der Waals surface area (Å²) in [6.07, 6.45) is 4.86. The van der Waals surface area contributed by atoms with Crippen molar-refractivity contribution in [2.45, 2.75) is 52.0 Å². The number of hydrogen-bond donors (Lipinski definition) is 3. The van der Waals surface area contributed by atoms with Crippen molar-refractivity contribution in [3.05, 3.63) is 30.1 Å². The van der Waals surface area contributed by atoms with E-state index in [9.17, 15) is 4.79 Å². The molecule has 0 aliphatic carbocycles. The summed E-state index contributed by atoms with van der Waals surface area (Å²) in [5.41, 5.74) is 1.98. The topological polar surface area (TPSA) is 69.8 Å². The summed E-state index contributed by atoms with van der Waals surface area (Å²) in [5.74, 6) is 2.18. The van der Waals surface area contributed by atoms with Gasteiger partial charge in [-0.2, -0.15) is 0 Å². The number of hydrogen-bond acceptors (Lipinski definition) is 3. The van der Waals surface area contributed by atoms with Gasteiger partial charge in [0.25, 0.3) is 0 Å². The third-order valence-electron chi connectivity index (χ3n) is 5.02. The Morgan fingerprint density at radius 2 is 2.04 bits per heavy atom. The van der Waals surface area contributed by atoms with E-state index in [1.807, 2.05) is 24.3 Å². The molecule has 5 heteroatoms. The second kappa shape index (κ2) is 8.48. The molecule has 0 spiro atoms. The molecule has 0 radical (unpaired) electrons. The zero-order valence-electron chi connectivity index (χ0n) is 15.3. The number of aromatic amines is 1. The lowest BCUT2D eigenvalue weighted by Gasteiger charge is -2.23. The van der Waals surface area contributed by atoms with Crippen LogP contribution in [0.4, 0.5) is 0 Å². The number of nitrogens with one attached hydrogen (secondary N) is 3. The summed E-state index contributed by atoms with van der Waals surface area (Å²) < 4.78 is 0. The van der Waals surface area contributed by atoms with Gasteiger partial charge in [0, 0.05) is 6.42 Å². The van der Waals surface area contributed by atoms with Crippen molar-refractivity contribution in [2.75, 3.05) is 13.1 Å². The second-order valence-electron chi connectivity index (χ2n) is 7.62. The third-order valence-corrected chi connectivity index (χ3v) is 5.02. The maximum atomic E-state index is 12.5. The van der Waals surface area contributed by atoms with Crippen molar-refractivity contribution < 1.29 is 4.79 Å². The molecule has 25 heavy (non-hydrogen) atoms. The van der Waals surface area contributed by atoms with Crippen molar-refractivity contribution >= 4 is 16.9 Å². The molecule has 5 nitrogen and oxygen atoms in total. The van der Waals surface area contributed by atoms with Crippen LogP contribution >= 0.6 is 0 Å². The number of rotatable bonds is 7. The first-order chi connectivity index (χ1) is 12.1. The van der Waals surface area contributed by atoms with Crippen molar-refractivity contribution in [1.82, 2.24) is 20.6 Å². The smallest absolute Gasteiger partial charge is 0.220 e. The Kier molecular flexibility index (Phi) is 6.08. The fourth-order valence-corrected chi connectivity index (χ4v) is 3.62. The Morgan fingerprint density at radius 3 is 2.76 bits per heavy atom. The van der Waals surface area contributed by atoms with E-state index in [4.69, 9.17) is 4.98 Å². The SMILES string of the molecule is CC(C)CC(NC(=O)CCC1CCNCC1)c1nc2ccccc2[nH]1. The second-order valence-corrected chi connectivity index (χ2v) is 7.62. The van der Waals surface area contributed by atoms with E-state index in [-0.39, 0.29) is 11.9 Å². The third kappa shape index (κ3) is 5.05. The molecule has 136 valence electrons. The number of piperidine rings is 1. The van der Waals surface area contributed by atoms with Gasteiger partial charge in [-0.25, -0.2) is 4.98 Å². The van der Waals surface area contributed by atoms with Crippen LogP contribution in [0.3, 0.4) is 0 Å². The first-order valence-electron chi connectivity index (χ1n) is 9.56. The predicted octanol–water partition coefficient (Wildman–Crippen LogP) is 3.55. The maximum absolute atomic E-state index is 12.5. The van der Waals surface area contributed by atoms with Crippen LogP contribution in [0.2, 0.25) is 0 Å². The molecular weight excluding hydrogens is 312 g/mol. The molecule has 2 heterocycles.